The van der Waals surface area contributed by atoms with Gasteiger partial charge >= 0.3 is 5.97 Å². The highest BCUT2D eigenvalue weighted by molar-refractivity contribution is 6.91. The lowest BCUT2D eigenvalue weighted by atomic mass is 9.82. The number of methoxy groups -OCH3 is 2. The molecule has 0 radical (unpaired) electrons. The van der Waals surface area contributed by atoms with Crippen LogP contribution in [-0.2, 0) is 53.8 Å². The molecule has 1 N–H and O–H groups in total. The van der Waals surface area contributed by atoms with Crippen molar-refractivity contribution >= 4 is 48.3 Å². The molecule has 0 aliphatic carbocycles. The molecule has 59 heavy (non-hydrogen) atoms. The van der Waals surface area contributed by atoms with Crippen LogP contribution in [0.15, 0.2) is 91.0 Å². The summed E-state index contributed by atoms with van der Waals surface area (Å²) in [5.41, 5.74) is 3.38. The number of esters is 1. The molecule has 1 unspecified atom stereocenters. The number of nitrogens with zero attached hydrogens (tertiary/aromatic N) is 3. The molecular formula is C46H51N3O9Si. The minimum atomic E-state index is -2.57. The molecule has 0 bridgehead atoms. The number of benzene rings is 4. The fourth-order valence-electron chi connectivity index (χ4n) is 10.0. The van der Waals surface area contributed by atoms with Gasteiger partial charge in [0.25, 0.3) is 5.91 Å². The summed E-state index contributed by atoms with van der Waals surface area (Å²) in [7, 11) is 0.660. The second-order valence-electron chi connectivity index (χ2n) is 16.7. The average Bonchev–Trinajstić information content (AvgIpc) is 3.65. The standard InChI is InChI=1S/C46H51N3O9Si/c1-28-44(59(5,6)37-18-15-35(55-3)16-19-37)40(23-41(52)47-26-32-10-8-7-9-31(32)21-34(47)27-50)58-46(28)38-22-36(56-4)17-20-39(38)48(45(46)54)25-30-11-13-33(14-12-30)49-42(53)24-43(49)57-29(2)51/h7-20,22,28,34,40,43-44,50H,21,23-27H2,1-6H3/t28-,34-,40+,43?,44-,46+/m0/s1. The van der Waals surface area contributed by atoms with Crippen molar-refractivity contribution in [2.24, 2.45) is 5.92 Å². The summed E-state index contributed by atoms with van der Waals surface area (Å²) in [6.07, 6.45) is -0.543. The zero-order chi connectivity index (χ0) is 41.8. The molecule has 12 nitrogen and oxygen atoms in total. The maximum atomic E-state index is 15.4. The van der Waals surface area contributed by atoms with E-state index < -0.39 is 32.0 Å². The summed E-state index contributed by atoms with van der Waals surface area (Å²) in [6, 6.07) is 28.7. The molecule has 8 rings (SSSR count). The van der Waals surface area contributed by atoms with Crippen LogP contribution < -0.4 is 24.5 Å². The summed E-state index contributed by atoms with van der Waals surface area (Å²) >= 11 is 0. The first-order valence-corrected chi connectivity index (χ1v) is 23.3. The molecule has 3 amide bonds. The molecule has 4 heterocycles. The molecule has 308 valence electrons. The van der Waals surface area contributed by atoms with E-state index in [4.69, 9.17) is 18.9 Å². The van der Waals surface area contributed by atoms with E-state index in [1.807, 2.05) is 60.7 Å². The van der Waals surface area contributed by atoms with E-state index in [-0.39, 0.29) is 61.2 Å². The number of ether oxygens (including phenoxy) is 4. The Bertz CT molecular complexity index is 2280. The minimum Gasteiger partial charge on any atom is -0.497 e. The molecule has 0 saturated carbocycles. The number of β-lactam (4-membered cyclic amide) rings is 1. The topological polar surface area (TPSA) is 135 Å². The number of hydrogen-bond donors (Lipinski definition) is 1. The summed E-state index contributed by atoms with van der Waals surface area (Å²) < 4.78 is 23.8. The van der Waals surface area contributed by atoms with Gasteiger partial charge in [-0.05, 0) is 71.1 Å². The number of fused-ring (bicyclic) bond motifs is 3. The lowest BCUT2D eigenvalue weighted by molar-refractivity contribution is -0.154. The Morgan fingerprint density at radius 1 is 0.898 bits per heavy atom. The number of rotatable bonds is 11. The van der Waals surface area contributed by atoms with Crippen molar-refractivity contribution in [1.82, 2.24) is 4.90 Å². The van der Waals surface area contributed by atoms with Crippen LogP contribution in [0.3, 0.4) is 0 Å². The predicted molar refractivity (Wildman–Crippen MR) is 224 cm³/mol. The Kier molecular flexibility index (Phi) is 10.6. The Labute approximate surface area is 345 Å². The molecular weight excluding hydrogens is 767 g/mol. The monoisotopic (exact) mass is 817 g/mol. The van der Waals surface area contributed by atoms with Crippen LogP contribution in [-0.4, -0.2) is 81.0 Å². The molecule has 4 aromatic rings. The van der Waals surface area contributed by atoms with Gasteiger partial charge in [0.2, 0.25) is 11.8 Å². The Balaban J connectivity index is 1.16. The normalized spacial score (nSPS) is 24.8. The summed E-state index contributed by atoms with van der Waals surface area (Å²) in [5, 5.41) is 11.7. The molecule has 4 aromatic carbocycles. The molecule has 4 aliphatic rings. The first-order valence-electron chi connectivity index (χ1n) is 20.2. The van der Waals surface area contributed by atoms with Crippen LogP contribution in [0.25, 0.3) is 0 Å². The van der Waals surface area contributed by atoms with Crippen LogP contribution in [0.4, 0.5) is 11.4 Å². The first kappa shape index (κ1) is 40.3. The predicted octanol–water partition coefficient (Wildman–Crippen LogP) is 5.43. The van der Waals surface area contributed by atoms with E-state index in [1.54, 1.807) is 36.2 Å². The first-order chi connectivity index (χ1) is 28.3. The van der Waals surface area contributed by atoms with Crippen LogP contribution in [0, 0.1) is 5.92 Å². The van der Waals surface area contributed by atoms with Gasteiger partial charge in [-0.1, -0.05) is 73.7 Å². The minimum absolute atomic E-state index is 0.0413. The fourth-order valence-corrected chi connectivity index (χ4v) is 14.0. The van der Waals surface area contributed by atoms with Gasteiger partial charge in [-0.3, -0.25) is 24.1 Å². The number of carbonyl (C=O) groups is 4. The van der Waals surface area contributed by atoms with Crippen molar-refractivity contribution in [3.63, 3.8) is 0 Å². The molecule has 6 atom stereocenters. The maximum absolute atomic E-state index is 15.4. The Morgan fingerprint density at radius 3 is 2.22 bits per heavy atom. The van der Waals surface area contributed by atoms with E-state index >= 15 is 4.79 Å². The van der Waals surface area contributed by atoms with E-state index in [0.29, 0.717) is 35.7 Å². The second-order valence-corrected chi connectivity index (χ2v) is 21.4. The van der Waals surface area contributed by atoms with Gasteiger partial charge in [0.15, 0.2) is 11.8 Å². The van der Waals surface area contributed by atoms with Crippen molar-refractivity contribution < 1.29 is 43.2 Å². The molecule has 13 heteroatoms. The molecule has 2 fully saturated rings. The quantitative estimate of drug-likeness (QED) is 0.120. The van der Waals surface area contributed by atoms with Crippen molar-refractivity contribution in [3.8, 4) is 11.5 Å². The van der Waals surface area contributed by atoms with Crippen molar-refractivity contribution in [3.05, 3.63) is 113 Å². The van der Waals surface area contributed by atoms with Gasteiger partial charge in [-0.25, -0.2) is 0 Å². The van der Waals surface area contributed by atoms with Crippen molar-refractivity contribution in [2.45, 2.75) is 88.8 Å². The lowest BCUT2D eigenvalue weighted by Gasteiger charge is -2.39. The van der Waals surface area contributed by atoms with Crippen LogP contribution >= 0.6 is 0 Å². The number of aliphatic hydroxyl groups is 1. The number of hydrogen-bond acceptors (Lipinski definition) is 9. The molecule has 1 spiro atoms. The number of carbonyl (C=O) groups excluding carboxylic acids is 4. The highest BCUT2D eigenvalue weighted by Gasteiger charge is 2.66. The summed E-state index contributed by atoms with van der Waals surface area (Å²) in [6.45, 7) is 8.41. The third-order valence-corrected chi connectivity index (χ3v) is 17.4. The highest BCUT2D eigenvalue weighted by atomic mass is 28.3. The average molecular weight is 818 g/mol. The van der Waals surface area contributed by atoms with Gasteiger partial charge in [0, 0.05) is 30.6 Å². The second kappa shape index (κ2) is 15.6. The van der Waals surface area contributed by atoms with Crippen molar-refractivity contribution in [1.29, 1.82) is 0 Å². The van der Waals surface area contributed by atoms with Gasteiger partial charge in [0.05, 0.1) is 66.1 Å². The van der Waals surface area contributed by atoms with E-state index in [0.717, 1.165) is 27.6 Å². The molecule has 4 aliphatic heterocycles. The number of aliphatic hydroxyl groups excluding tert-OH is 1. The fraction of sp³-hybridized carbons (Fsp3) is 0.391. The van der Waals surface area contributed by atoms with Crippen LogP contribution in [0.5, 0.6) is 11.5 Å². The Morgan fingerprint density at radius 2 is 1.58 bits per heavy atom. The largest absolute Gasteiger partial charge is 0.497 e. The third-order valence-electron chi connectivity index (χ3n) is 13.1. The van der Waals surface area contributed by atoms with E-state index in [1.165, 1.54) is 11.8 Å². The SMILES string of the molecule is COc1ccc([Si](C)(C)[C@@H]2[C@@H](CC(=O)N3Cc4ccccc4C[C@H]3CO)O[C@]3(C(=O)N(Cc4ccc(N5C(=O)CC5OC(C)=O)cc4)c4ccc(OC)cc43)[C@H]2C)cc1. The number of amides is 3. The number of anilines is 2. The Hall–Kier alpha value is -5.50. The van der Waals surface area contributed by atoms with Crippen molar-refractivity contribution in [2.75, 3.05) is 30.6 Å². The maximum Gasteiger partial charge on any atom is 0.304 e. The summed E-state index contributed by atoms with van der Waals surface area (Å²) in [4.78, 5) is 59.1. The zero-order valence-electron chi connectivity index (χ0n) is 34.3. The molecule has 0 aromatic heterocycles. The molecule has 2 saturated heterocycles. The smallest absolute Gasteiger partial charge is 0.304 e. The lowest BCUT2D eigenvalue weighted by Crippen LogP contribution is -2.54. The van der Waals surface area contributed by atoms with E-state index in [2.05, 4.69) is 38.2 Å². The zero-order valence-corrected chi connectivity index (χ0v) is 35.3. The van der Waals surface area contributed by atoms with Crippen LogP contribution in [0.2, 0.25) is 18.6 Å². The summed E-state index contributed by atoms with van der Waals surface area (Å²) in [5.74, 6) is 0.0266. The van der Waals surface area contributed by atoms with Gasteiger partial charge < -0.3 is 33.9 Å². The van der Waals surface area contributed by atoms with E-state index in [9.17, 15) is 19.5 Å². The third kappa shape index (κ3) is 6.88. The van der Waals surface area contributed by atoms with Gasteiger partial charge in [-0.2, -0.15) is 0 Å². The van der Waals surface area contributed by atoms with Gasteiger partial charge in [-0.15, -0.1) is 0 Å². The highest BCUT2D eigenvalue weighted by Crippen LogP contribution is 2.60. The van der Waals surface area contributed by atoms with Crippen LogP contribution in [0.1, 0.15) is 48.9 Å². The van der Waals surface area contributed by atoms with Gasteiger partial charge in [0.1, 0.15) is 11.5 Å².